The minimum atomic E-state index is -0.696. The lowest BCUT2D eigenvalue weighted by atomic mass is 9.85. The van der Waals surface area contributed by atoms with Crippen LogP contribution in [0.15, 0.2) is 65.2 Å². The van der Waals surface area contributed by atoms with Gasteiger partial charge in [0.25, 0.3) is 5.89 Å². The zero-order valence-electron chi connectivity index (χ0n) is 25.8. The predicted molar refractivity (Wildman–Crippen MR) is 164 cm³/mol. The minimum Gasteiger partial charge on any atom is -0.432 e. The van der Waals surface area contributed by atoms with Gasteiger partial charge in [-0.05, 0) is 48.8 Å². The first-order valence-corrected chi connectivity index (χ1v) is 15.1. The van der Waals surface area contributed by atoms with Crippen molar-refractivity contribution < 1.29 is 23.2 Å². The van der Waals surface area contributed by atoms with Crippen LogP contribution >= 0.6 is 0 Å². The van der Waals surface area contributed by atoms with Crippen molar-refractivity contribution in [2.75, 3.05) is 19.6 Å². The summed E-state index contributed by atoms with van der Waals surface area (Å²) in [4.78, 5) is 48.4. The largest absolute Gasteiger partial charge is 0.432 e. The molecular formula is C34H43FN4O4. The molecule has 0 radical (unpaired) electrons. The van der Waals surface area contributed by atoms with Crippen LogP contribution in [0.1, 0.15) is 70.1 Å². The number of amides is 3. The number of carbonyl (C=O) groups is 3. The van der Waals surface area contributed by atoms with Crippen LogP contribution in [0.4, 0.5) is 4.39 Å². The molecule has 4 rings (SSSR count). The highest BCUT2D eigenvalue weighted by molar-refractivity contribution is 5.91. The van der Waals surface area contributed by atoms with Crippen molar-refractivity contribution in [3.63, 3.8) is 0 Å². The summed E-state index contributed by atoms with van der Waals surface area (Å²) in [6.45, 7) is 10.8. The lowest BCUT2D eigenvalue weighted by Gasteiger charge is -2.37. The Morgan fingerprint density at radius 3 is 2.47 bits per heavy atom. The van der Waals surface area contributed by atoms with Gasteiger partial charge >= 0.3 is 5.91 Å². The van der Waals surface area contributed by atoms with Crippen molar-refractivity contribution >= 4 is 17.7 Å². The van der Waals surface area contributed by atoms with E-state index in [0.717, 1.165) is 24.0 Å². The Morgan fingerprint density at radius 2 is 1.81 bits per heavy atom. The second-order valence-electron chi connectivity index (χ2n) is 12.5. The van der Waals surface area contributed by atoms with Gasteiger partial charge in [-0.25, -0.2) is 9.37 Å². The average molecular weight is 591 g/mol. The quantitative estimate of drug-likeness (QED) is 0.308. The SMILES string of the molecule is CC[C@@H](C)C(=O)N[C@H](C(=O)N1CCC[C@H]1CN(CCc1ccc(F)cc1)C(=O)c1ncc(-c2ccccc2)o1)C(C)(C)C. The predicted octanol–water partition coefficient (Wildman–Crippen LogP) is 5.73. The highest BCUT2D eigenvalue weighted by atomic mass is 19.1. The third-order valence-electron chi connectivity index (χ3n) is 8.17. The highest BCUT2D eigenvalue weighted by Gasteiger charge is 2.41. The third-order valence-corrected chi connectivity index (χ3v) is 8.17. The molecule has 9 heteroatoms. The van der Waals surface area contributed by atoms with Crippen LogP contribution in [0, 0.1) is 17.2 Å². The van der Waals surface area contributed by atoms with E-state index in [0.29, 0.717) is 31.7 Å². The number of nitrogens with zero attached hydrogens (tertiary/aromatic N) is 3. The Bertz CT molecular complexity index is 1380. The molecule has 2 heterocycles. The molecule has 0 saturated carbocycles. The third kappa shape index (κ3) is 8.09. The van der Waals surface area contributed by atoms with Crippen molar-refractivity contribution in [1.82, 2.24) is 20.1 Å². The summed E-state index contributed by atoms with van der Waals surface area (Å²) in [7, 11) is 0. The van der Waals surface area contributed by atoms with E-state index in [1.165, 1.54) is 12.1 Å². The number of aromatic nitrogens is 1. The van der Waals surface area contributed by atoms with Gasteiger partial charge in [0.15, 0.2) is 5.76 Å². The fourth-order valence-corrected chi connectivity index (χ4v) is 5.29. The molecule has 3 aromatic rings. The molecule has 0 bridgehead atoms. The number of hydrogen-bond acceptors (Lipinski definition) is 5. The summed E-state index contributed by atoms with van der Waals surface area (Å²) in [5.74, 6) is -0.707. The lowest BCUT2D eigenvalue weighted by molar-refractivity contribution is -0.141. The number of carbonyl (C=O) groups excluding carboxylic acids is 3. The van der Waals surface area contributed by atoms with Crippen molar-refractivity contribution in [3.05, 3.63) is 78.1 Å². The molecular weight excluding hydrogens is 547 g/mol. The van der Waals surface area contributed by atoms with Gasteiger partial charge in [-0.3, -0.25) is 14.4 Å². The maximum atomic E-state index is 14.0. The van der Waals surface area contributed by atoms with Crippen LogP contribution in [-0.4, -0.2) is 64.2 Å². The Morgan fingerprint density at radius 1 is 1.12 bits per heavy atom. The highest BCUT2D eigenvalue weighted by Crippen LogP contribution is 2.27. The van der Waals surface area contributed by atoms with Gasteiger partial charge in [0, 0.05) is 37.2 Å². The number of oxazole rings is 1. The number of benzene rings is 2. The molecule has 1 aromatic heterocycles. The first-order valence-electron chi connectivity index (χ1n) is 15.1. The van der Waals surface area contributed by atoms with Crippen molar-refractivity contribution in [2.24, 2.45) is 11.3 Å². The maximum Gasteiger partial charge on any atom is 0.309 e. The summed E-state index contributed by atoms with van der Waals surface area (Å²) in [5.41, 5.74) is 1.20. The van der Waals surface area contributed by atoms with E-state index in [9.17, 15) is 18.8 Å². The zero-order chi connectivity index (χ0) is 31.1. The molecule has 2 aromatic carbocycles. The molecule has 0 unspecified atom stereocenters. The van der Waals surface area contributed by atoms with Crippen LogP contribution in [0.5, 0.6) is 0 Å². The van der Waals surface area contributed by atoms with Crippen LogP contribution in [0.25, 0.3) is 11.3 Å². The number of likely N-dealkylation sites (tertiary alicyclic amines) is 1. The molecule has 1 N–H and O–H groups in total. The molecule has 0 aliphatic carbocycles. The second-order valence-corrected chi connectivity index (χ2v) is 12.5. The van der Waals surface area contributed by atoms with E-state index in [1.54, 1.807) is 23.2 Å². The van der Waals surface area contributed by atoms with E-state index in [1.807, 2.05) is 69.9 Å². The second kappa shape index (κ2) is 14.0. The van der Waals surface area contributed by atoms with Gasteiger partial charge in [-0.2, -0.15) is 0 Å². The number of rotatable bonds is 11. The van der Waals surface area contributed by atoms with Gasteiger partial charge in [0.05, 0.1) is 6.20 Å². The molecule has 43 heavy (non-hydrogen) atoms. The number of hydrogen-bond donors (Lipinski definition) is 1. The van der Waals surface area contributed by atoms with E-state index in [4.69, 9.17) is 4.42 Å². The zero-order valence-corrected chi connectivity index (χ0v) is 25.8. The monoisotopic (exact) mass is 590 g/mol. The molecule has 1 saturated heterocycles. The van der Waals surface area contributed by atoms with Crippen LogP contribution in [0.3, 0.4) is 0 Å². The van der Waals surface area contributed by atoms with E-state index in [-0.39, 0.29) is 47.9 Å². The number of halogens is 1. The Balaban J connectivity index is 1.56. The molecule has 3 amide bonds. The standard InChI is InChI=1S/C34H43FN4O4/c1-6-23(2)30(40)37-29(34(3,4)5)32(41)39-19-10-13-27(39)22-38(20-18-24-14-16-26(35)17-15-24)33(42)31-36-21-28(43-31)25-11-8-7-9-12-25/h7-9,11-12,14-17,21,23,27,29H,6,10,13,18-20,22H2,1-5H3,(H,37,40)/t23-,27+,29-/m1/s1. The molecule has 8 nitrogen and oxygen atoms in total. The van der Waals surface area contributed by atoms with Gasteiger partial charge in [0.2, 0.25) is 11.8 Å². The maximum absolute atomic E-state index is 14.0. The first-order chi connectivity index (χ1) is 20.5. The minimum absolute atomic E-state index is 0.0257. The average Bonchev–Trinajstić information content (AvgIpc) is 3.68. The smallest absolute Gasteiger partial charge is 0.309 e. The van der Waals surface area contributed by atoms with E-state index < -0.39 is 11.5 Å². The number of nitrogens with one attached hydrogen (secondary N) is 1. The molecule has 1 aliphatic heterocycles. The molecule has 1 fully saturated rings. The van der Waals surface area contributed by atoms with Crippen molar-refractivity contribution in [1.29, 1.82) is 0 Å². The summed E-state index contributed by atoms with van der Waals surface area (Å²) in [6, 6.07) is 14.7. The molecule has 0 spiro atoms. The van der Waals surface area contributed by atoms with Gasteiger partial charge in [-0.1, -0.05) is 77.1 Å². The Hall–Kier alpha value is -4.01. The molecule has 230 valence electrons. The fourth-order valence-electron chi connectivity index (χ4n) is 5.29. The van der Waals surface area contributed by atoms with E-state index in [2.05, 4.69) is 10.3 Å². The summed E-state index contributed by atoms with van der Waals surface area (Å²) in [6.07, 6.45) is 4.24. The van der Waals surface area contributed by atoms with Gasteiger partial charge in [-0.15, -0.1) is 0 Å². The molecule has 1 aliphatic rings. The van der Waals surface area contributed by atoms with Crippen LogP contribution in [0.2, 0.25) is 0 Å². The topological polar surface area (TPSA) is 95.8 Å². The fraction of sp³-hybridized carbons (Fsp3) is 0.471. The van der Waals surface area contributed by atoms with Crippen LogP contribution in [-0.2, 0) is 16.0 Å². The van der Waals surface area contributed by atoms with Crippen molar-refractivity contribution in [3.8, 4) is 11.3 Å². The Kier molecular flexibility index (Phi) is 10.4. The van der Waals surface area contributed by atoms with E-state index >= 15 is 0 Å². The molecule has 3 atom stereocenters. The summed E-state index contributed by atoms with van der Waals surface area (Å²) >= 11 is 0. The Labute approximate surface area is 253 Å². The summed E-state index contributed by atoms with van der Waals surface area (Å²) in [5, 5.41) is 3.01. The van der Waals surface area contributed by atoms with Crippen molar-refractivity contribution in [2.45, 2.75) is 72.4 Å². The lowest BCUT2D eigenvalue weighted by Crippen LogP contribution is -2.57. The summed E-state index contributed by atoms with van der Waals surface area (Å²) < 4.78 is 19.4. The van der Waals surface area contributed by atoms with Crippen LogP contribution < -0.4 is 5.32 Å². The van der Waals surface area contributed by atoms with Gasteiger partial charge in [0.1, 0.15) is 11.9 Å². The van der Waals surface area contributed by atoms with Gasteiger partial charge < -0.3 is 19.5 Å². The normalized spacial score (nSPS) is 16.5. The first kappa shape index (κ1) is 31.9.